The van der Waals surface area contributed by atoms with Gasteiger partial charge in [-0.2, -0.15) is 0 Å². The monoisotopic (exact) mass is 225 g/mol. The second-order valence-corrected chi connectivity index (χ2v) is 4.24. The van der Waals surface area contributed by atoms with Gasteiger partial charge in [-0.25, -0.2) is 0 Å². The molecule has 1 fully saturated rings. The van der Waals surface area contributed by atoms with Gasteiger partial charge in [-0.1, -0.05) is 13.0 Å². The van der Waals surface area contributed by atoms with E-state index in [1.807, 2.05) is 4.90 Å². The molecule has 1 aliphatic heterocycles. The standard InChI is InChI=1S/C12H23N3O/c1-4-6-13-9-12(16)15-8-7-14(5-2)11(3)10-15/h4,11,13H,1,5-10H2,2-3H3. The number of hydrogen-bond donors (Lipinski definition) is 1. The Hall–Kier alpha value is -0.870. The van der Waals surface area contributed by atoms with Gasteiger partial charge in [0.25, 0.3) is 0 Å². The summed E-state index contributed by atoms with van der Waals surface area (Å²) in [6.45, 7) is 12.8. The van der Waals surface area contributed by atoms with Gasteiger partial charge >= 0.3 is 0 Å². The summed E-state index contributed by atoms with van der Waals surface area (Å²) >= 11 is 0. The van der Waals surface area contributed by atoms with Crippen molar-refractivity contribution in [3.63, 3.8) is 0 Å². The van der Waals surface area contributed by atoms with E-state index >= 15 is 0 Å². The molecule has 0 aromatic rings. The molecule has 4 nitrogen and oxygen atoms in total. The lowest BCUT2D eigenvalue weighted by atomic mass is 10.2. The first kappa shape index (κ1) is 13.2. The second kappa shape index (κ2) is 6.66. The molecule has 1 atom stereocenters. The van der Waals surface area contributed by atoms with Crippen LogP contribution in [0.1, 0.15) is 13.8 Å². The molecule has 0 aromatic heterocycles. The third-order valence-electron chi connectivity index (χ3n) is 3.09. The van der Waals surface area contributed by atoms with E-state index in [0.29, 0.717) is 19.1 Å². The van der Waals surface area contributed by atoms with Crippen molar-refractivity contribution in [2.75, 3.05) is 39.3 Å². The average Bonchev–Trinajstić information content (AvgIpc) is 2.29. The third kappa shape index (κ3) is 3.61. The first-order valence-corrected chi connectivity index (χ1v) is 6.02. The van der Waals surface area contributed by atoms with Crippen LogP contribution in [0, 0.1) is 0 Å². The van der Waals surface area contributed by atoms with Gasteiger partial charge in [-0.3, -0.25) is 9.69 Å². The molecular weight excluding hydrogens is 202 g/mol. The maximum absolute atomic E-state index is 11.8. The normalized spacial score (nSPS) is 22.1. The molecule has 1 aliphatic rings. The summed E-state index contributed by atoms with van der Waals surface area (Å²) in [5.74, 6) is 0.199. The van der Waals surface area contributed by atoms with Gasteiger partial charge in [0, 0.05) is 32.2 Å². The molecule has 1 amide bonds. The average molecular weight is 225 g/mol. The van der Waals surface area contributed by atoms with Gasteiger partial charge in [0.2, 0.25) is 5.91 Å². The van der Waals surface area contributed by atoms with Crippen LogP contribution >= 0.6 is 0 Å². The Morgan fingerprint density at radius 1 is 1.56 bits per heavy atom. The molecule has 92 valence electrons. The van der Waals surface area contributed by atoms with Crippen LogP contribution in [0.5, 0.6) is 0 Å². The fraction of sp³-hybridized carbons (Fsp3) is 0.750. The Morgan fingerprint density at radius 2 is 2.31 bits per heavy atom. The molecule has 0 saturated carbocycles. The number of rotatable bonds is 5. The minimum atomic E-state index is 0.199. The molecule has 0 bridgehead atoms. The highest BCUT2D eigenvalue weighted by atomic mass is 16.2. The van der Waals surface area contributed by atoms with Crippen molar-refractivity contribution in [2.24, 2.45) is 0 Å². The Kier molecular flexibility index (Phi) is 5.49. The van der Waals surface area contributed by atoms with E-state index in [-0.39, 0.29) is 5.91 Å². The molecule has 0 aromatic carbocycles. The lowest BCUT2D eigenvalue weighted by molar-refractivity contribution is -0.133. The Bertz CT molecular complexity index is 242. The summed E-state index contributed by atoms with van der Waals surface area (Å²) in [4.78, 5) is 16.2. The molecule has 1 unspecified atom stereocenters. The first-order valence-electron chi connectivity index (χ1n) is 6.02. The van der Waals surface area contributed by atoms with Gasteiger partial charge in [-0.05, 0) is 13.5 Å². The predicted octanol–water partition coefficient (Wildman–Crippen LogP) is 0.315. The molecule has 0 aliphatic carbocycles. The summed E-state index contributed by atoms with van der Waals surface area (Å²) in [6.07, 6.45) is 1.77. The summed E-state index contributed by atoms with van der Waals surface area (Å²) < 4.78 is 0. The number of hydrogen-bond acceptors (Lipinski definition) is 3. The first-order chi connectivity index (χ1) is 7.69. The Labute approximate surface area is 98.3 Å². The van der Waals surface area contributed by atoms with E-state index in [0.717, 1.165) is 26.2 Å². The molecule has 1 heterocycles. The smallest absolute Gasteiger partial charge is 0.236 e. The molecule has 4 heteroatoms. The number of carbonyl (C=O) groups is 1. The topological polar surface area (TPSA) is 35.6 Å². The molecule has 1 N–H and O–H groups in total. The van der Waals surface area contributed by atoms with Crippen molar-refractivity contribution in [2.45, 2.75) is 19.9 Å². The van der Waals surface area contributed by atoms with E-state index in [1.54, 1.807) is 6.08 Å². The predicted molar refractivity (Wildman–Crippen MR) is 66.4 cm³/mol. The summed E-state index contributed by atoms with van der Waals surface area (Å²) in [5, 5.41) is 3.05. The van der Waals surface area contributed by atoms with Crippen LogP contribution in [0.15, 0.2) is 12.7 Å². The lowest BCUT2D eigenvalue weighted by Crippen LogP contribution is -2.54. The second-order valence-electron chi connectivity index (χ2n) is 4.24. The number of carbonyl (C=O) groups excluding carboxylic acids is 1. The largest absolute Gasteiger partial charge is 0.339 e. The minimum absolute atomic E-state index is 0.199. The minimum Gasteiger partial charge on any atom is -0.339 e. The number of piperazine rings is 1. The quantitative estimate of drug-likeness (QED) is 0.540. The van der Waals surface area contributed by atoms with Crippen LogP contribution in [0.2, 0.25) is 0 Å². The SMILES string of the molecule is C=CCNCC(=O)N1CCN(CC)C(C)C1. The van der Waals surface area contributed by atoms with E-state index in [2.05, 4.69) is 30.6 Å². The van der Waals surface area contributed by atoms with E-state index < -0.39 is 0 Å². The zero-order chi connectivity index (χ0) is 12.0. The maximum Gasteiger partial charge on any atom is 0.236 e. The van der Waals surface area contributed by atoms with Gasteiger partial charge in [0.1, 0.15) is 0 Å². The van der Waals surface area contributed by atoms with E-state index in [4.69, 9.17) is 0 Å². The van der Waals surface area contributed by atoms with Crippen LogP contribution in [-0.4, -0.2) is 61.0 Å². The third-order valence-corrected chi connectivity index (χ3v) is 3.09. The summed E-state index contributed by atoms with van der Waals surface area (Å²) in [6, 6.07) is 0.474. The lowest BCUT2D eigenvalue weighted by Gasteiger charge is -2.39. The Morgan fingerprint density at radius 3 is 2.88 bits per heavy atom. The van der Waals surface area contributed by atoms with Crippen molar-refractivity contribution < 1.29 is 4.79 Å². The molecule has 1 rings (SSSR count). The van der Waals surface area contributed by atoms with Gasteiger partial charge < -0.3 is 10.2 Å². The molecule has 16 heavy (non-hydrogen) atoms. The highest BCUT2D eigenvalue weighted by molar-refractivity contribution is 5.78. The molecule has 0 spiro atoms. The van der Waals surface area contributed by atoms with Crippen molar-refractivity contribution in [3.05, 3.63) is 12.7 Å². The maximum atomic E-state index is 11.8. The van der Waals surface area contributed by atoms with E-state index in [1.165, 1.54) is 0 Å². The zero-order valence-electron chi connectivity index (χ0n) is 10.4. The van der Waals surface area contributed by atoms with Gasteiger partial charge in [0.15, 0.2) is 0 Å². The highest BCUT2D eigenvalue weighted by Gasteiger charge is 2.24. The van der Waals surface area contributed by atoms with Crippen LogP contribution in [-0.2, 0) is 4.79 Å². The summed E-state index contributed by atoms with van der Waals surface area (Å²) in [5.41, 5.74) is 0. The fourth-order valence-corrected chi connectivity index (χ4v) is 2.08. The summed E-state index contributed by atoms with van der Waals surface area (Å²) in [7, 11) is 0. The number of nitrogens with one attached hydrogen (secondary N) is 1. The number of amides is 1. The van der Waals surface area contributed by atoms with Crippen molar-refractivity contribution in [1.29, 1.82) is 0 Å². The van der Waals surface area contributed by atoms with Crippen LogP contribution in [0.25, 0.3) is 0 Å². The molecule has 1 saturated heterocycles. The van der Waals surface area contributed by atoms with Gasteiger partial charge in [-0.15, -0.1) is 6.58 Å². The molecule has 0 radical (unpaired) electrons. The van der Waals surface area contributed by atoms with Crippen LogP contribution in [0.3, 0.4) is 0 Å². The van der Waals surface area contributed by atoms with Crippen LogP contribution < -0.4 is 5.32 Å². The van der Waals surface area contributed by atoms with Crippen molar-refractivity contribution in [1.82, 2.24) is 15.1 Å². The fourth-order valence-electron chi connectivity index (χ4n) is 2.08. The van der Waals surface area contributed by atoms with Gasteiger partial charge in [0.05, 0.1) is 6.54 Å². The van der Waals surface area contributed by atoms with E-state index in [9.17, 15) is 4.79 Å². The Balaban J connectivity index is 2.33. The van der Waals surface area contributed by atoms with Crippen molar-refractivity contribution >= 4 is 5.91 Å². The molecular formula is C12H23N3O. The van der Waals surface area contributed by atoms with Crippen molar-refractivity contribution in [3.8, 4) is 0 Å². The zero-order valence-corrected chi connectivity index (χ0v) is 10.4. The number of nitrogens with zero attached hydrogens (tertiary/aromatic N) is 2. The highest BCUT2D eigenvalue weighted by Crippen LogP contribution is 2.08. The van der Waals surface area contributed by atoms with Crippen LogP contribution in [0.4, 0.5) is 0 Å². The number of likely N-dealkylation sites (N-methyl/N-ethyl adjacent to an activating group) is 1.